The second-order valence-electron chi connectivity index (χ2n) is 6.07. The number of methoxy groups -OCH3 is 1. The summed E-state index contributed by atoms with van der Waals surface area (Å²) in [6.45, 7) is 4.21. The molecule has 0 bridgehead atoms. The molecule has 2 rings (SSSR count). The molecule has 0 aliphatic heterocycles. The van der Waals surface area contributed by atoms with Gasteiger partial charge >= 0.3 is 0 Å². The molecule has 2 aromatic carbocycles. The molecule has 0 fully saturated rings. The van der Waals surface area contributed by atoms with Crippen LogP contribution in [0.3, 0.4) is 0 Å². The van der Waals surface area contributed by atoms with Crippen LogP contribution in [0.4, 0.5) is 5.69 Å². The first-order valence-electron chi connectivity index (χ1n) is 8.33. The molecule has 1 N–H and O–H groups in total. The van der Waals surface area contributed by atoms with E-state index in [-0.39, 0.29) is 18.2 Å². The molecule has 2 amide bonds. The lowest BCUT2D eigenvalue weighted by Crippen LogP contribution is -2.31. The van der Waals surface area contributed by atoms with Gasteiger partial charge in [0.2, 0.25) is 11.8 Å². The molecule has 0 radical (unpaired) electrons. The summed E-state index contributed by atoms with van der Waals surface area (Å²) in [6, 6.07) is 12.9. The number of hydrogen-bond acceptors (Lipinski definition) is 3. The predicted octanol–water partition coefficient (Wildman–Crippen LogP) is 4.03. The molecule has 0 atom stereocenters. The second kappa shape index (κ2) is 9.25. The molecule has 6 heteroatoms. The fourth-order valence-electron chi connectivity index (χ4n) is 2.53. The van der Waals surface area contributed by atoms with E-state index in [1.807, 2.05) is 37.3 Å². The maximum Gasteiger partial charge on any atom is 0.226 e. The van der Waals surface area contributed by atoms with E-state index in [1.54, 1.807) is 24.1 Å². The Morgan fingerprint density at radius 1 is 1.15 bits per heavy atom. The van der Waals surface area contributed by atoms with E-state index in [0.29, 0.717) is 29.5 Å². The number of anilines is 1. The zero-order valence-electron chi connectivity index (χ0n) is 15.2. The van der Waals surface area contributed by atoms with E-state index in [4.69, 9.17) is 16.3 Å². The number of rotatable bonds is 7. The molecule has 0 heterocycles. The third-order valence-corrected chi connectivity index (χ3v) is 4.22. The van der Waals surface area contributed by atoms with E-state index in [1.165, 1.54) is 6.92 Å². The zero-order chi connectivity index (χ0) is 19.1. The largest absolute Gasteiger partial charge is 0.495 e. The Morgan fingerprint density at radius 3 is 2.46 bits per heavy atom. The van der Waals surface area contributed by atoms with E-state index >= 15 is 0 Å². The van der Waals surface area contributed by atoms with Gasteiger partial charge in [0, 0.05) is 31.5 Å². The summed E-state index contributed by atoms with van der Waals surface area (Å²) in [7, 11) is 1.56. The van der Waals surface area contributed by atoms with Crippen molar-refractivity contribution in [1.82, 2.24) is 4.90 Å². The number of carbonyl (C=O) groups excluding carboxylic acids is 2. The van der Waals surface area contributed by atoms with Crippen LogP contribution in [0.2, 0.25) is 5.02 Å². The average molecular weight is 375 g/mol. The fourth-order valence-corrected chi connectivity index (χ4v) is 2.65. The molecule has 0 saturated heterocycles. The Balaban J connectivity index is 1.96. The number of nitrogens with one attached hydrogen (secondary N) is 1. The molecule has 5 nitrogen and oxygen atoms in total. The van der Waals surface area contributed by atoms with Crippen LogP contribution in [0.5, 0.6) is 5.75 Å². The van der Waals surface area contributed by atoms with Crippen molar-refractivity contribution in [2.75, 3.05) is 19.0 Å². The lowest BCUT2D eigenvalue weighted by molar-refractivity contribution is -0.129. The van der Waals surface area contributed by atoms with Gasteiger partial charge in [-0.3, -0.25) is 9.59 Å². The van der Waals surface area contributed by atoms with Crippen molar-refractivity contribution < 1.29 is 14.3 Å². The molecular formula is C20H23ClN2O3. The van der Waals surface area contributed by atoms with Gasteiger partial charge in [-0.2, -0.15) is 0 Å². The van der Waals surface area contributed by atoms with Crippen molar-refractivity contribution in [3.05, 3.63) is 58.6 Å². The van der Waals surface area contributed by atoms with E-state index < -0.39 is 0 Å². The van der Waals surface area contributed by atoms with Gasteiger partial charge in [0.05, 0.1) is 12.8 Å². The summed E-state index contributed by atoms with van der Waals surface area (Å²) in [5, 5.41) is 3.50. The lowest BCUT2D eigenvalue weighted by atomic mass is 10.2. The molecule has 0 aliphatic rings. The highest BCUT2D eigenvalue weighted by Crippen LogP contribution is 2.25. The lowest BCUT2D eigenvalue weighted by Gasteiger charge is -2.21. The Kier molecular flexibility index (Phi) is 7.04. The van der Waals surface area contributed by atoms with Crippen LogP contribution in [-0.4, -0.2) is 30.4 Å². The van der Waals surface area contributed by atoms with Gasteiger partial charge in [-0.25, -0.2) is 0 Å². The number of benzene rings is 2. The third kappa shape index (κ3) is 5.77. The maximum absolute atomic E-state index is 12.3. The summed E-state index contributed by atoms with van der Waals surface area (Å²) in [5.74, 6) is 0.352. The minimum atomic E-state index is -0.170. The molecule has 0 aromatic heterocycles. The van der Waals surface area contributed by atoms with Gasteiger partial charge in [0.25, 0.3) is 0 Å². The second-order valence-corrected chi connectivity index (χ2v) is 6.51. The van der Waals surface area contributed by atoms with E-state index in [9.17, 15) is 9.59 Å². The number of halogens is 1. The van der Waals surface area contributed by atoms with Gasteiger partial charge in [-0.1, -0.05) is 29.8 Å². The zero-order valence-corrected chi connectivity index (χ0v) is 16.0. The Morgan fingerprint density at radius 2 is 1.85 bits per heavy atom. The molecule has 138 valence electrons. The highest BCUT2D eigenvalue weighted by Gasteiger charge is 2.13. The van der Waals surface area contributed by atoms with Crippen molar-refractivity contribution in [3.8, 4) is 5.75 Å². The maximum atomic E-state index is 12.3. The Labute approximate surface area is 158 Å². The summed E-state index contributed by atoms with van der Waals surface area (Å²) in [5.41, 5.74) is 2.61. The van der Waals surface area contributed by atoms with E-state index in [2.05, 4.69) is 5.32 Å². The third-order valence-electron chi connectivity index (χ3n) is 3.97. The molecule has 0 saturated carbocycles. The number of aryl methyl sites for hydroxylation is 1. The van der Waals surface area contributed by atoms with Crippen molar-refractivity contribution >= 4 is 29.1 Å². The van der Waals surface area contributed by atoms with Crippen LogP contribution in [0.1, 0.15) is 24.5 Å². The highest BCUT2D eigenvalue weighted by atomic mass is 35.5. The minimum absolute atomic E-state index is 0.0825. The van der Waals surface area contributed by atoms with Gasteiger partial charge < -0.3 is 15.0 Å². The topological polar surface area (TPSA) is 58.6 Å². The molecule has 0 aliphatic carbocycles. The molecule has 0 unspecified atom stereocenters. The van der Waals surface area contributed by atoms with Crippen LogP contribution in [-0.2, 0) is 16.1 Å². The number of ether oxygens (including phenoxy) is 1. The normalized spacial score (nSPS) is 10.3. The smallest absolute Gasteiger partial charge is 0.226 e. The Hall–Kier alpha value is -2.53. The van der Waals surface area contributed by atoms with Gasteiger partial charge in [-0.15, -0.1) is 0 Å². The minimum Gasteiger partial charge on any atom is -0.495 e. The van der Waals surface area contributed by atoms with Crippen molar-refractivity contribution in [2.24, 2.45) is 0 Å². The summed E-state index contributed by atoms with van der Waals surface area (Å²) in [4.78, 5) is 25.8. The number of amides is 2. The van der Waals surface area contributed by atoms with Crippen LogP contribution in [0, 0.1) is 6.92 Å². The monoisotopic (exact) mass is 374 g/mol. The first kappa shape index (κ1) is 19.8. The first-order chi connectivity index (χ1) is 12.4. The van der Waals surface area contributed by atoms with Crippen molar-refractivity contribution in [3.63, 3.8) is 0 Å². The van der Waals surface area contributed by atoms with Crippen molar-refractivity contribution in [2.45, 2.75) is 26.8 Å². The highest BCUT2D eigenvalue weighted by molar-refractivity contribution is 6.30. The summed E-state index contributed by atoms with van der Waals surface area (Å²) < 4.78 is 5.26. The quantitative estimate of drug-likeness (QED) is 0.795. The molecular weight excluding hydrogens is 352 g/mol. The molecule has 2 aromatic rings. The Bertz CT molecular complexity index is 775. The number of hydrogen-bond donors (Lipinski definition) is 1. The van der Waals surface area contributed by atoms with Gasteiger partial charge in [-0.05, 0) is 42.3 Å². The SMILES string of the molecule is COc1ccc(C)cc1NC(=O)CCN(Cc1ccc(Cl)cc1)C(C)=O. The number of nitrogens with zero attached hydrogens (tertiary/aromatic N) is 1. The summed E-state index contributed by atoms with van der Waals surface area (Å²) in [6.07, 6.45) is 0.199. The summed E-state index contributed by atoms with van der Waals surface area (Å²) >= 11 is 5.88. The number of carbonyl (C=O) groups is 2. The first-order valence-corrected chi connectivity index (χ1v) is 8.71. The van der Waals surface area contributed by atoms with Gasteiger partial charge in [0.1, 0.15) is 5.75 Å². The predicted molar refractivity (Wildman–Crippen MR) is 104 cm³/mol. The van der Waals surface area contributed by atoms with E-state index in [0.717, 1.165) is 11.1 Å². The van der Waals surface area contributed by atoms with Gasteiger partial charge in [0.15, 0.2) is 0 Å². The fraction of sp³-hybridized carbons (Fsp3) is 0.300. The van der Waals surface area contributed by atoms with Crippen LogP contribution >= 0.6 is 11.6 Å². The van der Waals surface area contributed by atoms with Crippen LogP contribution in [0.15, 0.2) is 42.5 Å². The van der Waals surface area contributed by atoms with Crippen LogP contribution in [0.25, 0.3) is 0 Å². The van der Waals surface area contributed by atoms with Crippen LogP contribution < -0.4 is 10.1 Å². The molecule has 26 heavy (non-hydrogen) atoms. The van der Waals surface area contributed by atoms with Crippen molar-refractivity contribution in [1.29, 1.82) is 0 Å². The average Bonchev–Trinajstić information content (AvgIpc) is 2.60. The standard InChI is InChI=1S/C20H23ClN2O3/c1-14-4-9-19(26-3)18(12-14)22-20(25)10-11-23(15(2)24)13-16-5-7-17(21)8-6-16/h4-9,12H,10-11,13H2,1-3H3,(H,22,25). The molecule has 0 spiro atoms.